The number of hydrogen-bond acceptors (Lipinski definition) is 5. The molecule has 0 fully saturated rings. The molecule has 2 heterocycles. The molecule has 0 bridgehead atoms. The predicted octanol–water partition coefficient (Wildman–Crippen LogP) is 5.72. The number of nitrogens with one attached hydrogen (secondary N) is 1. The number of anilines is 1. The van der Waals surface area contributed by atoms with E-state index in [0.29, 0.717) is 21.7 Å². The molecular weight excluding hydrogens is 442 g/mol. The van der Waals surface area contributed by atoms with Crippen LogP contribution < -0.4 is 5.32 Å². The van der Waals surface area contributed by atoms with Gasteiger partial charge < -0.3 is 5.32 Å². The Bertz CT molecular complexity index is 1240. The lowest BCUT2D eigenvalue weighted by atomic mass is 10.2. The fourth-order valence-corrected chi connectivity index (χ4v) is 4.18. The zero-order valence-electron chi connectivity index (χ0n) is 17.9. The first kappa shape index (κ1) is 22.0. The van der Waals surface area contributed by atoms with E-state index in [0.717, 1.165) is 22.4 Å². The monoisotopic (exact) mass is 463 g/mol. The summed E-state index contributed by atoms with van der Waals surface area (Å²) >= 11 is 7.44. The maximum atomic E-state index is 12.9. The van der Waals surface area contributed by atoms with E-state index in [9.17, 15) is 4.79 Å². The second-order valence-electron chi connectivity index (χ2n) is 7.42. The Kier molecular flexibility index (Phi) is 6.58. The van der Waals surface area contributed by atoms with Crippen molar-refractivity contribution in [2.75, 3.05) is 5.32 Å². The second-order valence-corrected chi connectivity index (χ2v) is 9.17. The van der Waals surface area contributed by atoms with Crippen LogP contribution in [0.2, 0.25) is 5.02 Å². The number of amides is 1. The van der Waals surface area contributed by atoms with Crippen LogP contribution in [0.3, 0.4) is 0 Å². The van der Waals surface area contributed by atoms with Crippen molar-refractivity contribution >= 4 is 35.0 Å². The third-order valence-electron chi connectivity index (χ3n) is 4.97. The van der Waals surface area contributed by atoms with Crippen molar-refractivity contribution < 1.29 is 4.79 Å². The normalized spacial score (nSPS) is 11.9. The van der Waals surface area contributed by atoms with Crippen LogP contribution in [-0.2, 0) is 4.79 Å². The van der Waals surface area contributed by atoms with E-state index in [2.05, 4.69) is 20.5 Å². The molecule has 1 N–H and O–H groups in total. The fraction of sp³-hybridized carbons (Fsp3) is 0.167. The highest BCUT2D eigenvalue weighted by molar-refractivity contribution is 8.00. The average molecular weight is 464 g/mol. The third-order valence-corrected chi connectivity index (χ3v) is 6.25. The number of rotatable bonds is 6. The van der Waals surface area contributed by atoms with Crippen LogP contribution in [0.1, 0.15) is 18.1 Å². The van der Waals surface area contributed by atoms with Crippen molar-refractivity contribution in [3.05, 3.63) is 83.1 Å². The molecule has 0 saturated carbocycles. The van der Waals surface area contributed by atoms with Crippen LogP contribution in [-0.4, -0.2) is 30.9 Å². The Balaban J connectivity index is 1.64. The number of thioether (sulfide) groups is 1. The minimum Gasteiger partial charge on any atom is -0.325 e. The molecule has 4 aromatic rings. The molecular formula is C24H22ClN5OS. The molecule has 162 valence electrons. The molecule has 1 atom stereocenters. The molecule has 0 aliphatic heterocycles. The standard InChI is InChI=1S/C24H22ClN5OS/c1-15-4-8-20(9-5-15)30-22(18-10-12-26-13-11-18)28-29-24(30)32-17(3)23(31)27-21-14-19(25)7-6-16(21)2/h4-14,17H,1-3H3,(H,27,31). The minimum atomic E-state index is -0.410. The number of halogens is 1. The Morgan fingerprint density at radius 2 is 1.75 bits per heavy atom. The zero-order chi connectivity index (χ0) is 22.7. The number of carbonyl (C=O) groups excluding carboxylic acids is 1. The largest absolute Gasteiger partial charge is 0.325 e. The summed E-state index contributed by atoms with van der Waals surface area (Å²) in [6.07, 6.45) is 3.44. The molecule has 0 aliphatic rings. The van der Waals surface area contributed by atoms with Gasteiger partial charge >= 0.3 is 0 Å². The van der Waals surface area contributed by atoms with Gasteiger partial charge in [0, 0.05) is 34.4 Å². The maximum absolute atomic E-state index is 12.9. The van der Waals surface area contributed by atoms with Gasteiger partial charge in [-0.25, -0.2) is 0 Å². The minimum absolute atomic E-state index is 0.135. The molecule has 4 rings (SSSR count). The molecule has 2 aromatic carbocycles. The quantitative estimate of drug-likeness (QED) is 0.370. The Morgan fingerprint density at radius 3 is 2.47 bits per heavy atom. The van der Waals surface area contributed by atoms with Gasteiger partial charge in [-0.3, -0.25) is 14.3 Å². The summed E-state index contributed by atoms with van der Waals surface area (Å²) in [5, 5.41) is 12.6. The number of aromatic nitrogens is 4. The van der Waals surface area contributed by atoms with Crippen molar-refractivity contribution in [1.82, 2.24) is 19.7 Å². The Labute approximate surface area is 196 Å². The second kappa shape index (κ2) is 9.54. The average Bonchev–Trinajstić information content (AvgIpc) is 3.20. The van der Waals surface area contributed by atoms with Gasteiger partial charge in [-0.1, -0.05) is 47.1 Å². The van der Waals surface area contributed by atoms with Crippen LogP contribution in [0.15, 0.2) is 72.1 Å². The molecule has 32 heavy (non-hydrogen) atoms. The molecule has 0 radical (unpaired) electrons. The van der Waals surface area contributed by atoms with Gasteiger partial charge in [-0.2, -0.15) is 0 Å². The first-order valence-corrected chi connectivity index (χ1v) is 11.3. The van der Waals surface area contributed by atoms with Crippen LogP contribution in [0.25, 0.3) is 17.1 Å². The molecule has 0 aliphatic carbocycles. The summed E-state index contributed by atoms with van der Waals surface area (Å²) in [6, 6.07) is 17.3. The molecule has 8 heteroatoms. The first-order valence-electron chi connectivity index (χ1n) is 10.1. The SMILES string of the molecule is Cc1ccc(-n2c(SC(C)C(=O)Nc3cc(Cl)ccc3C)nnc2-c2ccncc2)cc1. The van der Waals surface area contributed by atoms with Crippen molar-refractivity contribution in [3.8, 4) is 17.1 Å². The lowest BCUT2D eigenvalue weighted by Crippen LogP contribution is -2.23. The van der Waals surface area contributed by atoms with Crippen molar-refractivity contribution in [3.63, 3.8) is 0 Å². The number of aryl methyl sites for hydroxylation is 2. The van der Waals surface area contributed by atoms with Crippen molar-refractivity contribution in [2.24, 2.45) is 0 Å². The molecule has 1 amide bonds. The molecule has 2 aromatic heterocycles. The molecule has 0 saturated heterocycles. The highest BCUT2D eigenvalue weighted by Crippen LogP contribution is 2.31. The Morgan fingerprint density at radius 1 is 1.03 bits per heavy atom. The number of carbonyl (C=O) groups is 1. The predicted molar refractivity (Wildman–Crippen MR) is 129 cm³/mol. The van der Waals surface area contributed by atoms with Gasteiger partial charge in [-0.05, 0) is 62.7 Å². The van der Waals surface area contributed by atoms with Gasteiger partial charge in [0.25, 0.3) is 0 Å². The van der Waals surface area contributed by atoms with Crippen LogP contribution in [0.4, 0.5) is 5.69 Å². The molecule has 1 unspecified atom stereocenters. The van der Waals surface area contributed by atoms with E-state index in [1.54, 1.807) is 24.5 Å². The number of pyridine rings is 1. The van der Waals surface area contributed by atoms with E-state index >= 15 is 0 Å². The fourth-order valence-electron chi connectivity index (χ4n) is 3.14. The topological polar surface area (TPSA) is 72.7 Å². The summed E-state index contributed by atoms with van der Waals surface area (Å²) in [7, 11) is 0. The highest BCUT2D eigenvalue weighted by Gasteiger charge is 2.22. The van der Waals surface area contributed by atoms with Crippen molar-refractivity contribution in [2.45, 2.75) is 31.2 Å². The number of hydrogen-bond donors (Lipinski definition) is 1. The summed E-state index contributed by atoms with van der Waals surface area (Å²) in [5.74, 6) is 0.557. The van der Waals surface area contributed by atoms with E-state index < -0.39 is 5.25 Å². The lowest BCUT2D eigenvalue weighted by molar-refractivity contribution is -0.115. The van der Waals surface area contributed by atoms with E-state index in [4.69, 9.17) is 11.6 Å². The summed E-state index contributed by atoms with van der Waals surface area (Å²) in [5.41, 5.74) is 4.63. The number of nitrogens with zero attached hydrogens (tertiary/aromatic N) is 4. The smallest absolute Gasteiger partial charge is 0.237 e. The van der Waals surface area contributed by atoms with Gasteiger partial charge in [0.2, 0.25) is 5.91 Å². The van der Waals surface area contributed by atoms with Crippen LogP contribution >= 0.6 is 23.4 Å². The van der Waals surface area contributed by atoms with Crippen LogP contribution in [0, 0.1) is 13.8 Å². The summed E-state index contributed by atoms with van der Waals surface area (Å²) in [4.78, 5) is 17.0. The van der Waals surface area contributed by atoms with Crippen LogP contribution in [0.5, 0.6) is 0 Å². The summed E-state index contributed by atoms with van der Waals surface area (Å²) in [6.45, 7) is 5.82. The number of benzene rings is 2. The molecule has 6 nitrogen and oxygen atoms in total. The Hall–Kier alpha value is -3.16. The van der Waals surface area contributed by atoms with Gasteiger partial charge in [-0.15, -0.1) is 10.2 Å². The molecule has 0 spiro atoms. The zero-order valence-corrected chi connectivity index (χ0v) is 19.5. The summed E-state index contributed by atoms with van der Waals surface area (Å²) < 4.78 is 1.97. The van der Waals surface area contributed by atoms with Gasteiger partial charge in [0.05, 0.1) is 5.25 Å². The third kappa shape index (κ3) is 4.84. The highest BCUT2D eigenvalue weighted by atomic mass is 35.5. The van der Waals surface area contributed by atoms with E-state index in [1.165, 1.54) is 11.8 Å². The van der Waals surface area contributed by atoms with Crippen molar-refractivity contribution in [1.29, 1.82) is 0 Å². The first-order chi connectivity index (χ1) is 15.4. The van der Waals surface area contributed by atoms with Gasteiger partial charge in [0.15, 0.2) is 11.0 Å². The lowest BCUT2D eigenvalue weighted by Gasteiger charge is -2.15. The van der Waals surface area contributed by atoms with E-state index in [1.807, 2.05) is 67.8 Å². The van der Waals surface area contributed by atoms with E-state index in [-0.39, 0.29) is 5.91 Å². The van der Waals surface area contributed by atoms with Gasteiger partial charge in [0.1, 0.15) is 0 Å². The maximum Gasteiger partial charge on any atom is 0.237 e.